The van der Waals surface area contributed by atoms with Gasteiger partial charge in [-0.05, 0) is 44.7 Å². The third kappa shape index (κ3) is 2.78. The molecule has 1 aromatic rings. The monoisotopic (exact) mass is 282 g/mol. The van der Waals surface area contributed by atoms with Crippen LogP contribution < -0.4 is 10.2 Å². The molecule has 0 atom stereocenters. The Balaban J connectivity index is 2.49. The normalized spacial score (nSPS) is 17.5. The van der Waals surface area contributed by atoms with Gasteiger partial charge in [-0.2, -0.15) is 5.26 Å². The van der Waals surface area contributed by atoms with Crippen LogP contribution in [-0.4, -0.2) is 19.4 Å². The van der Waals surface area contributed by atoms with Crippen molar-refractivity contribution in [1.29, 1.82) is 10.7 Å². The molecule has 0 amide bonds. The number of amidine groups is 1. The fourth-order valence-electron chi connectivity index (χ4n) is 3.15. The highest BCUT2D eigenvalue weighted by Gasteiger charge is 2.26. The number of anilines is 1. The van der Waals surface area contributed by atoms with E-state index in [2.05, 4.69) is 44.3 Å². The Morgan fingerprint density at radius 1 is 1.29 bits per heavy atom. The molecule has 2 N–H and O–H groups in total. The van der Waals surface area contributed by atoms with Crippen LogP contribution in [0.15, 0.2) is 23.4 Å². The zero-order valence-corrected chi connectivity index (χ0v) is 13.2. The van der Waals surface area contributed by atoms with Crippen LogP contribution in [0.1, 0.15) is 29.5 Å². The Bertz CT molecular complexity index is 626. The lowest BCUT2D eigenvalue weighted by molar-refractivity contribution is 0.769. The summed E-state index contributed by atoms with van der Waals surface area (Å²) < 4.78 is 0. The van der Waals surface area contributed by atoms with E-state index in [0.29, 0.717) is 11.5 Å². The largest absolute Gasteiger partial charge is 0.379 e. The molecule has 110 valence electrons. The number of aryl methyl sites for hydroxylation is 3. The minimum Gasteiger partial charge on any atom is -0.379 e. The van der Waals surface area contributed by atoms with Gasteiger partial charge >= 0.3 is 0 Å². The number of nitrogens with one attached hydrogen (secondary N) is 2. The highest BCUT2D eigenvalue weighted by Crippen LogP contribution is 2.31. The van der Waals surface area contributed by atoms with E-state index in [1.165, 1.54) is 16.7 Å². The zero-order chi connectivity index (χ0) is 15.6. The fourth-order valence-corrected chi connectivity index (χ4v) is 3.15. The molecule has 0 saturated carbocycles. The third-order valence-corrected chi connectivity index (χ3v) is 3.93. The first-order valence-corrected chi connectivity index (χ1v) is 7.25. The molecule has 1 aromatic carbocycles. The number of hydrogen-bond acceptors (Lipinski definition) is 3. The summed E-state index contributed by atoms with van der Waals surface area (Å²) in [5.41, 5.74) is 6.03. The van der Waals surface area contributed by atoms with Crippen molar-refractivity contribution < 1.29 is 0 Å². The van der Waals surface area contributed by atoms with Crippen molar-refractivity contribution in [2.45, 2.75) is 33.6 Å². The Morgan fingerprint density at radius 2 is 1.90 bits per heavy atom. The average molecular weight is 282 g/mol. The van der Waals surface area contributed by atoms with Gasteiger partial charge in [-0.1, -0.05) is 17.7 Å². The van der Waals surface area contributed by atoms with Crippen LogP contribution in [0.4, 0.5) is 5.69 Å². The summed E-state index contributed by atoms with van der Waals surface area (Å²) in [4.78, 5) is 2.04. The van der Waals surface area contributed by atoms with Crippen LogP contribution in [0.5, 0.6) is 0 Å². The second-order valence-electron chi connectivity index (χ2n) is 5.57. The molecular formula is C17H22N4. The van der Waals surface area contributed by atoms with Gasteiger partial charge in [0.15, 0.2) is 0 Å². The second-order valence-corrected chi connectivity index (χ2v) is 5.57. The summed E-state index contributed by atoms with van der Waals surface area (Å²) in [5, 5.41) is 20.6. The van der Waals surface area contributed by atoms with Crippen molar-refractivity contribution in [2.75, 3.05) is 18.5 Å². The maximum absolute atomic E-state index is 9.21. The first kappa shape index (κ1) is 15.1. The van der Waals surface area contributed by atoms with Crippen molar-refractivity contribution in [3.63, 3.8) is 0 Å². The highest BCUT2D eigenvalue weighted by molar-refractivity contribution is 6.09. The van der Waals surface area contributed by atoms with Crippen molar-refractivity contribution in [2.24, 2.45) is 0 Å². The predicted octanol–water partition coefficient (Wildman–Crippen LogP) is 3.19. The maximum atomic E-state index is 9.21. The van der Waals surface area contributed by atoms with Crippen molar-refractivity contribution in [1.82, 2.24) is 5.32 Å². The molecule has 1 saturated heterocycles. The molecule has 2 rings (SSSR count). The molecule has 0 aliphatic carbocycles. The molecule has 4 heteroatoms. The Morgan fingerprint density at radius 3 is 2.43 bits per heavy atom. The first-order chi connectivity index (χ1) is 9.99. The minimum absolute atomic E-state index is 0.446. The molecule has 1 aliphatic heterocycles. The SMILES string of the molecule is CN/C(C#N)=C1/CCCN(c2c(C)cc(C)cc2C)C1=N. The Kier molecular flexibility index (Phi) is 4.32. The van der Waals surface area contributed by atoms with Gasteiger partial charge in [0.05, 0.1) is 0 Å². The molecular weight excluding hydrogens is 260 g/mol. The van der Waals surface area contributed by atoms with E-state index in [-0.39, 0.29) is 0 Å². The van der Waals surface area contributed by atoms with Gasteiger partial charge in [0.25, 0.3) is 0 Å². The highest BCUT2D eigenvalue weighted by atomic mass is 15.2. The molecule has 0 aromatic heterocycles. The van der Waals surface area contributed by atoms with E-state index in [9.17, 15) is 5.26 Å². The number of hydrogen-bond donors (Lipinski definition) is 2. The molecule has 0 bridgehead atoms. The van der Waals surface area contributed by atoms with Crippen LogP contribution in [0.2, 0.25) is 0 Å². The summed E-state index contributed by atoms with van der Waals surface area (Å²) in [5.74, 6) is 0.446. The number of piperidine rings is 1. The number of benzene rings is 1. The third-order valence-electron chi connectivity index (χ3n) is 3.93. The molecule has 1 fully saturated rings. The lowest BCUT2D eigenvalue weighted by Gasteiger charge is -2.34. The van der Waals surface area contributed by atoms with Gasteiger partial charge in [0, 0.05) is 24.9 Å². The standard InChI is InChI=1S/C17H22N4/c1-11-8-12(2)16(13(3)9-11)21-7-5-6-14(17(21)19)15(10-18)20-4/h8-9,19-20H,5-7H2,1-4H3/b15-14-,19-17?. The average Bonchev–Trinajstić information content (AvgIpc) is 2.42. The zero-order valence-electron chi connectivity index (χ0n) is 13.2. The quantitative estimate of drug-likeness (QED) is 0.819. The van der Waals surface area contributed by atoms with Crippen LogP contribution in [0, 0.1) is 37.5 Å². The first-order valence-electron chi connectivity index (χ1n) is 7.25. The van der Waals surface area contributed by atoms with Crippen molar-refractivity contribution >= 4 is 11.5 Å². The number of rotatable bonds is 2. The van der Waals surface area contributed by atoms with Crippen LogP contribution in [0.25, 0.3) is 0 Å². The maximum Gasteiger partial charge on any atom is 0.131 e. The molecule has 0 spiro atoms. The predicted molar refractivity (Wildman–Crippen MR) is 86.7 cm³/mol. The van der Waals surface area contributed by atoms with Crippen LogP contribution in [0.3, 0.4) is 0 Å². The van der Waals surface area contributed by atoms with E-state index >= 15 is 0 Å². The lowest BCUT2D eigenvalue weighted by atomic mass is 9.97. The fraction of sp³-hybridized carbons (Fsp3) is 0.412. The van der Waals surface area contributed by atoms with Crippen LogP contribution >= 0.6 is 0 Å². The molecule has 1 aliphatic rings. The van der Waals surface area contributed by atoms with E-state index < -0.39 is 0 Å². The van der Waals surface area contributed by atoms with E-state index in [1.807, 2.05) is 4.90 Å². The topological polar surface area (TPSA) is 62.9 Å². The number of allylic oxidation sites excluding steroid dienone is 1. The van der Waals surface area contributed by atoms with Gasteiger partial charge in [-0.25, -0.2) is 0 Å². The Hall–Kier alpha value is -2.28. The van der Waals surface area contributed by atoms with E-state index in [1.54, 1.807) is 7.05 Å². The molecule has 0 radical (unpaired) electrons. The molecule has 4 nitrogen and oxygen atoms in total. The minimum atomic E-state index is 0.446. The number of nitrogens with zero attached hydrogens (tertiary/aromatic N) is 2. The summed E-state index contributed by atoms with van der Waals surface area (Å²) >= 11 is 0. The smallest absolute Gasteiger partial charge is 0.131 e. The van der Waals surface area contributed by atoms with Gasteiger partial charge in [0.2, 0.25) is 0 Å². The van der Waals surface area contributed by atoms with Gasteiger partial charge < -0.3 is 10.2 Å². The number of nitriles is 1. The summed E-state index contributed by atoms with van der Waals surface area (Å²) in [6, 6.07) is 6.46. The van der Waals surface area contributed by atoms with Crippen molar-refractivity contribution in [3.8, 4) is 6.07 Å². The summed E-state index contributed by atoms with van der Waals surface area (Å²) in [6.07, 6.45) is 1.74. The van der Waals surface area contributed by atoms with Gasteiger partial charge in [-0.3, -0.25) is 5.41 Å². The molecule has 0 unspecified atom stereocenters. The second kappa shape index (κ2) is 6.01. The summed E-state index contributed by atoms with van der Waals surface area (Å²) in [6.45, 7) is 7.09. The molecule has 21 heavy (non-hydrogen) atoms. The van der Waals surface area contributed by atoms with E-state index in [0.717, 1.165) is 30.6 Å². The summed E-state index contributed by atoms with van der Waals surface area (Å²) in [7, 11) is 1.74. The Labute approximate surface area is 126 Å². The van der Waals surface area contributed by atoms with Gasteiger partial charge in [0.1, 0.15) is 17.6 Å². The van der Waals surface area contributed by atoms with Crippen molar-refractivity contribution in [3.05, 3.63) is 40.1 Å². The van der Waals surface area contributed by atoms with Crippen LogP contribution in [-0.2, 0) is 0 Å². The van der Waals surface area contributed by atoms with Gasteiger partial charge in [-0.15, -0.1) is 0 Å². The lowest BCUT2D eigenvalue weighted by Crippen LogP contribution is -2.38. The van der Waals surface area contributed by atoms with E-state index in [4.69, 9.17) is 5.41 Å². The molecule has 1 heterocycles.